The second kappa shape index (κ2) is 10.9. The lowest BCUT2D eigenvalue weighted by molar-refractivity contribution is -0.148. The molecule has 2 N–H and O–H groups in total. The lowest BCUT2D eigenvalue weighted by Gasteiger charge is -2.39. The molecular weight excluding hydrogens is 464 g/mol. The van der Waals surface area contributed by atoms with Gasteiger partial charge in [-0.25, -0.2) is 0 Å². The monoisotopic (exact) mass is 496 g/mol. The summed E-state index contributed by atoms with van der Waals surface area (Å²) in [4.78, 5) is 34.6. The molecule has 0 saturated carbocycles. The van der Waals surface area contributed by atoms with Crippen LogP contribution in [-0.2, 0) is 22.6 Å². The van der Waals surface area contributed by atoms with Gasteiger partial charge in [0.15, 0.2) is 0 Å². The zero-order chi connectivity index (χ0) is 25.8. The summed E-state index contributed by atoms with van der Waals surface area (Å²) in [6, 6.07) is 24.4. The molecule has 2 amide bonds. The number of nitrogens with one attached hydrogen (secondary N) is 2. The van der Waals surface area contributed by atoms with Gasteiger partial charge in [0.25, 0.3) is 0 Å². The van der Waals surface area contributed by atoms with Gasteiger partial charge in [0.05, 0.1) is 7.11 Å². The molecule has 2 heterocycles. The van der Waals surface area contributed by atoms with E-state index >= 15 is 0 Å². The number of para-hydroxylation sites is 2. The smallest absolute Gasteiger partial charge is 0.245 e. The third-order valence-corrected chi connectivity index (χ3v) is 7.07. The third-order valence-electron chi connectivity index (χ3n) is 7.07. The van der Waals surface area contributed by atoms with Gasteiger partial charge in [-0.3, -0.25) is 9.59 Å². The molecule has 0 radical (unpaired) electrons. The van der Waals surface area contributed by atoms with E-state index in [1.807, 2.05) is 85.1 Å². The standard InChI is InChI=1S/C30H32N4O3/c1-33(20-22-12-6-9-15-27(22)37-2)29(35)26(18-21-10-4-3-5-11-21)34-17-16-31-28(30(34)36)24-19-32-25-14-8-7-13-23(24)25/h3-15,19,26,28,31-32H,16-18,20H2,1-2H3/t26-,28-/m0/s1. The van der Waals surface area contributed by atoms with Crippen molar-refractivity contribution in [3.8, 4) is 5.75 Å². The van der Waals surface area contributed by atoms with Gasteiger partial charge >= 0.3 is 0 Å². The number of likely N-dealkylation sites (N-methyl/N-ethyl adjacent to an activating group) is 1. The van der Waals surface area contributed by atoms with E-state index in [0.29, 0.717) is 26.1 Å². The number of fused-ring (bicyclic) bond motifs is 1. The van der Waals surface area contributed by atoms with Crippen molar-refractivity contribution >= 4 is 22.7 Å². The summed E-state index contributed by atoms with van der Waals surface area (Å²) in [6.07, 6.45) is 2.34. The quantitative estimate of drug-likeness (QED) is 0.388. The summed E-state index contributed by atoms with van der Waals surface area (Å²) in [7, 11) is 3.42. The zero-order valence-corrected chi connectivity index (χ0v) is 21.2. The summed E-state index contributed by atoms with van der Waals surface area (Å²) in [6.45, 7) is 1.45. The van der Waals surface area contributed by atoms with Gasteiger partial charge in [-0.15, -0.1) is 0 Å². The highest BCUT2D eigenvalue weighted by Gasteiger charge is 2.39. The molecule has 0 aliphatic carbocycles. The number of rotatable bonds is 8. The Morgan fingerprint density at radius 3 is 2.59 bits per heavy atom. The topological polar surface area (TPSA) is 77.7 Å². The van der Waals surface area contributed by atoms with Crippen LogP contribution in [0, 0.1) is 0 Å². The molecule has 1 aliphatic rings. The van der Waals surface area contributed by atoms with E-state index in [2.05, 4.69) is 10.3 Å². The van der Waals surface area contributed by atoms with Crippen LogP contribution in [0.15, 0.2) is 85.1 Å². The SMILES string of the molecule is COc1ccccc1CN(C)C(=O)[C@H](Cc1ccccc1)N1CCN[C@@H](c2c[nH]c3ccccc23)C1=O. The number of carbonyl (C=O) groups is 2. The molecule has 1 aliphatic heterocycles. The molecule has 2 atom stereocenters. The normalized spacial score (nSPS) is 16.5. The van der Waals surface area contributed by atoms with Crippen molar-refractivity contribution in [2.24, 2.45) is 0 Å². The summed E-state index contributed by atoms with van der Waals surface area (Å²) in [5.74, 6) is 0.554. The van der Waals surface area contributed by atoms with Crippen LogP contribution in [0.5, 0.6) is 5.75 Å². The van der Waals surface area contributed by atoms with Crippen molar-refractivity contribution in [2.75, 3.05) is 27.2 Å². The number of hydrogen-bond donors (Lipinski definition) is 2. The van der Waals surface area contributed by atoms with E-state index in [0.717, 1.165) is 33.3 Å². The highest BCUT2D eigenvalue weighted by molar-refractivity contribution is 5.95. The van der Waals surface area contributed by atoms with Gasteiger partial charge in [-0.1, -0.05) is 66.7 Å². The van der Waals surface area contributed by atoms with Gasteiger partial charge in [-0.2, -0.15) is 0 Å². The van der Waals surface area contributed by atoms with E-state index in [-0.39, 0.29) is 11.8 Å². The fourth-order valence-electron chi connectivity index (χ4n) is 5.17. The Morgan fingerprint density at radius 2 is 1.78 bits per heavy atom. The molecule has 7 nitrogen and oxygen atoms in total. The van der Waals surface area contributed by atoms with Crippen LogP contribution in [0.4, 0.5) is 0 Å². The largest absolute Gasteiger partial charge is 0.496 e. The number of methoxy groups -OCH3 is 1. The number of nitrogens with zero attached hydrogens (tertiary/aromatic N) is 2. The number of aromatic amines is 1. The molecule has 4 aromatic rings. The molecule has 37 heavy (non-hydrogen) atoms. The minimum Gasteiger partial charge on any atom is -0.496 e. The minimum absolute atomic E-state index is 0.0871. The number of piperazine rings is 1. The molecule has 3 aromatic carbocycles. The lowest BCUT2D eigenvalue weighted by atomic mass is 9.98. The molecule has 190 valence electrons. The molecule has 0 bridgehead atoms. The van der Waals surface area contributed by atoms with Crippen molar-refractivity contribution in [1.29, 1.82) is 0 Å². The maximum Gasteiger partial charge on any atom is 0.245 e. The minimum atomic E-state index is -0.621. The number of aromatic nitrogens is 1. The number of benzene rings is 3. The van der Waals surface area contributed by atoms with E-state index in [4.69, 9.17) is 4.74 Å². The van der Waals surface area contributed by atoms with Crippen LogP contribution in [0.2, 0.25) is 0 Å². The highest BCUT2D eigenvalue weighted by atomic mass is 16.5. The Hall–Kier alpha value is -4.10. The molecule has 5 rings (SSSR count). The molecule has 0 unspecified atom stereocenters. The fraction of sp³-hybridized carbons (Fsp3) is 0.267. The first-order chi connectivity index (χ1) is 18.1. The predicted molar refractivity (Wildman–Crippen MR) is 144 cm³/mol. The predicted octanol–water partition coefficient (Wildman–Crippen LogP) is 3.92. The maximum atomic E-state index is 14.0. The second-order valence-corrected chi connectivity index (χ2v) is 9.42. The van der Waals surface area contributed by atoms with Crippen LogP contribution in [0.25, 0.3) is 10.9 Å². The van der Waals surface area contributed by atoms with Crippen LogP contribution in [0.1, 0.15) is 22.7 Å². The van der Waals surface area contributed by atoms with E-state index in [1.165, 1.54) is 0 Å². The Bertz CT molecular complexity index is 1380. The number of carbonyl (C=O) groups excluding carboxylic acids is 2. The maximum absolute atomic E-state index is 14.0. The third kappa shape index (κ3) is 5.08. The summed E-state index contributed by atoms with van der Waals surface area (Å²) in [5.41, 5.74) is 3.82. The lowest BCUT2D eigenvalue weighted by Crippen LogP contribution is -2.58. The molecule has 1 fully saturated rings. The first-order valence-corrected chi connectivity index (χ1v) is 12.6. The molecule has 0 spiro atoms. The van der Waals surface area contributed by atoms with E-state index in [1.54, 1.807) is 24.0 Å². The number of H-pyrrole nitrogens is 1. The Balaban J connectivity index is 1.44. The van der Waals surface area contributed by atoms with Gasteiger partial charge in [-0.05, 0) is 17.7 Å². The van der Waals surface area contributed by atoms with Crippen LogP contribution in [-0.4, -0.2) is 59.9 Å². The van der Waals surface area contributed by atoms with Gasteiger partial charge < -0.3 is 24.8 Å². The van der Waals surface area contributed by atoms with Crippen LogP contribution < -0.4 is 10.1 Å². The summed E-state index contributed by atoms with van der Waals surface area (Å²) >= 11 is 0. The highest BCUT2D eigenvalue weighted by Crippen LogP contribution is 2.29. The Kier molecular flexibility index (Phi) is 7.23. The van der Waals surface area contributed by atoms with Gasteiger partial charge in [0.2, 0.25) is 11.8 Å². The molecule has 7 heteroatoms. The van der Waals surface area contributed by atoms with Gasteiger partial charge in [0.1, 0.15) is 17.8 Å². The van der Waals surface area contributed by atoms with Crippen LogP contribution >= 0.6 is 0 Å². The average molecular weight is 497 g/mol. The van der Waals surface area contributed by atoms with Gasteiger partial charge in [0, 0.05) is 61.3 Å². The molecular formula is C30H32N4O3. The number of ether oxygens (including phenoxy) is 1. The Morgan fingerprint density at radius 1 is 1.05 bits per heavy atom. The second-order valence-electron chi connectivity index (χ2n) is 9.42. The van der Waals surface area contributed by atoms with Crippen molar-refractivity contribution in [3.05, 3.63) is 102 Å². The van der Waals surface area contributed by atoms with Crippen molar-refractivity contribution < 1.29 is 14.3 Å². The van der Waals surface area contributed by atoms with E-state index in [9.17, 15) is 9.59 Å². The van der Waals surface area contributed by atoms with Crippen molar-refractivity contribution in [1.82, 2.24) is 20.1 Å². The van der Waals surface area contributed by atoms with E-state index < -0.39 is 12.1 Å². The average Bonchev–Trinajstić information content (AvgIpc) is 3.36. The molecule has 1 aromatic heterocycles. The fourth-order valence-corrected chi connectivity index (χ4v) is 5.17. The van der Waals surface area contributed by atoms with Crippen molar-refractivity contribution in [2.45, 2.75) is 25.0 Å². The first-order valence-electron chi connectivity index (χ1n) is 12.6. The Labute approximate surface area is 217 Å². The summed E-state index contributed by atoms with van der Waals surface area (Å²) in [5, 5.41) is 4.39. The molecule has 1 saturated heterocycles. The van der Waals surface area contributed by atoms with Crippen LogP contribution in [0.3, 0.4) is 0 Å². The zero-order valence-electron chi connectivity index (χ0n) is 21.2. The number of hydrogen-bond acceptors (Lipinski definition) is 4. The number of amides is 2. The first kappa shape index (κ1) is 24.6. The summed E-state index contributed by atoms with van der Waals surface area (Å²) < 4.78 is 5.49. The van der Waals surface area contributed by atoms with Crippen molar-refractivity contribution in [3.63, 3.8) is 0 Å².